The van der Waals surface area contributed by atoms with Crippen molar-refractivity contribution in [1.82, 2.24) is 0 Å². The monoisotopic (exact) mass is 337 g/mol. The van der Waals surface area contributed by atoms with Crippen LogP contribution in [-0.2, 0) is 0 Å². The van der Waals surface area contributed by atoms with Crippen LogP contribution in [0.3, 0.4) is 0 Å². The third-order valence-electron chi connectivity index (χ3n) is 3.64. The van der Waals surface area contributed by atoms with Gasteiger partial charge in [0, 0.05) is 22.7 Å². The normalized spacial score (nSPS) is 11.0. The maximum Gasteiger partial charge on any atom is 0.270 e. The predicted molar refractivity (Wildman–Crippen MR) is 95.4 cm³/mol. The second kappa shape index (κ2) is 6.64. The van der Waals surface area contributed by atoms with E-state index in [9.17, 15) is 14.9 Å². The molecule has 0 bridgehead atoms. The number of nitro benzene ring substituents is 1. The minimum absolute atomic E-state index is 0.0720. The largest absolute Gasteiger partial charge is 0.289 e. The number of allylic oxidation sites excluding steroid dienone is 1. The maximum atomic E-state index is 12.3. The van der Waals surface area contributed by atoms with Crippen LogP contribution in [0.1, 0.15) is 15.9 Å². The predicted octanol–water partition coefficient (Wildman–Crippen LogP) is 5.30. The molecule has 4 nitrogen and oxygen atoms in total. The number of carbonyl (C=O) groups excluding carboxylic acids is 1. The Labute approximate surface area is 143 Å². The number of nitro groups is 1. The van der Waals surface area contributed by atoms with Crippen molar-refractivity contribution in [2.75, 3.05) is 0 Å². The van der Waals surface area contributed by atoms with Gasteiger partial charge in [-0.2, -0.15) is 0 Å². The Morgan fingerprint density at radius 2 is 1.75 bits per heavy atom. The molecule has 0 heterocycles. The maximum absolute atomic E-state index is 12.3. The van der Waals surface area contributed by atoms with Crippen LogP contribution < -0.4 is 0 Å². The lowest BCUT2D eigenvalue weighted by Gasteiger charge is -2.01. The van der Waals surface area contributed by atoms with E-state index >= 15 is 0 Å². The molecule has 0 fully saturated rings. The molecule has 0 aromatic heterocycles. The van der Waals surface area contributed by atoms with E-state index < -0.39 is 4.92 Å². The van der Waals surface area contributed by atoms with E-state index in [0.29, 0.717) is 16.1 Å². The van der Waals surface area contributed by atoms with Gasteiger partial charge in [0.05, 0.1) is 4.92 Å². The number of rotatable bonds is 4. The van der Waals surface area contributed by atoms with E-state index in [0.717, 1.165) is 10.8 Å². The number of benzene rings is 3. The average molecular weight is 338 g/mol. The summed E-state index contributed by atoms with van der Waals surface area (Å²) < 4.78 is 0. The molecule has 0 aliphatic rings. The van der Waals surface area contributed by atoms with Gasteiger partial charge >= 0.3 is 0 Å². The van der Waals surface area contributed by atoms with Crippen molar-refractivity contribution >= 4 is 39.9 Å². The summed E-state index contributed by atoms with van der Waals surface area (Å²) in [5, 5.41) is 13.2. The number of ketones is 1. The standard InChI is InChI=1S/C19H12ClNO3/c20-18-9-8-17(21(23)24)12-15(18)7-10-19(22)16-6-5-13-3-1-2-4-14(13)11-16/h1-12H. The first-order valence-corrected chi connectivity index (χ1v) is 7.57. The fraction of sp³-hybridized carbons (Fsp3) is 0. The lowest BCUT2D eigenvalue weighted by Crippen LogP contribution is -1.94. The number of nitrogens with zero attached hydrogens (tertiary/aromatic N) is 1. The second-order valence-corrected chi connectivity index (χ2v) is 5.63. The number of halogens is 1. The van der Waals surface area contributed by atoms with Gasteiger partial charge in [0.15, 0.2) is 5.78 Å². The first kappa shape index (κ1) is 15.9. The molecule has 0 amide bonds. The molecule has 118 valence electrons. The first-order chi connectivity index (χ1) is 11.5. The second-order valence-electron chi connectivity index (χ2n) is 5.22. The van der Waals surface area contributed by atoms with Crippen LogP contribution in [0.4, 0.5) is 5.69 Å². The summed E-state index contributed by atoms with van der Waals surface area (Å²) in [6.45, 7) is 0. The molecule has 0 radical (unpaired) electrons. The van der Waals surface area contributed by atoms with Gasteiger partial charge in [0.1, 0.15) is 0 Å². The lowest BCUT2D eigenvalue weighted by atomic mass is 10.0. The summed E-state index contributed by atoms with van der Waals surface area (Å²) in [6, 6.07) is 17.3. The highest BCUT2D eigenvalue weighted by Gasteiger charge is 2.09. The fourth-order valence-corrected chi connectivity index (χ4v) is 2.56. The minimum atomic E-state index is -0.501. The molecule has 3 rings (SSSR count). The topological polar surface area (TPSA) is 60.2 Å². The number of non-ortho nitro benzene ring substituents is 1. The Balaban J connectivity index is 1.89. The van der Waals surface area contributed by atoms with Crippen molar-refractivity contribution in [3.63, 3.8) is 0 Å². The summed E-state index contributed by atoms with van der Waals surface area (Å²) >= 11 is 6.02. The van der Waals surface area contributed by atoms with Crippen molar-refractivity contribution in [2.45, 2.75) is 0 Å². The lowest BCUT2D eigenvalue weighted by molar-refractivity contribution is -0.384. The van der Waals surface area contributed by atoms with Crippen molar-refractivity contribution in [2.24, 2.45) is 0 Å². The Morgan fingerprint density at radius 3 is 2.50 bits per heavy atom. The summed E-state index contributed by atoms with van der Waals surface area (Å²) in [6.07, 6.45) is 2.86. The van der Waals surface area contributed by atoms with Gasteiger partial charge in [-0.3, -0.25) is 14.9 Å². The molecular formula is C19H12ClNO3. The molecular weight excluding hydrogens is 326 g/mol. The van der Waals surface area contributed by atoms with Gasteiger partial charge in [0.2, 0.25) is 0 Å². The molecule has 0 unspecified atom stereocenters. The van der Waals surface area contributed by atoms with E-state index in [1.54, 1.807) is 6.07 Å². The quantitative estimate of drug-likeness (QED) is 0.281. The summed E-state index contributed by atoms with van der Waals surface area (Å²) in [5.41, 5.74) is 0.906. The molecule has 0 saturated heterocycles. The van der Waals surface area contributed by atoms with Gasteiger partial charge in [-0.15, -0.1) is 0 Å². The van der Waals surface area contributed by atoms with E-state index in [2.05, 4.69) is 0 Å². The van der Waals surface area contributed by atoms with Crippen LogP contribution in [0, 0.1) is 10.1 Å². The van der Waals surface area contributed by atoms with Crippen molar-refractivity contribution in [3.05, 3.63) is 93.0 Å². The third-order valence-corrected chi connectivity index (χ3v) is 3.98. The minimum Gasteiger partial charge on any atom is -0.289 e. The molecule has 0 aliphatic carbocycles. The van der Waals surface area contributed by atoms with Crippen molar-refractivity contribution in [1.29, 1.82) is 0 Å². The van der Waals surface area contributed by atoms with Crippen molar-refractivity contribution in [3.8, 4) is 0 Å². The Kier molecular flexibility index (Phi) is 4.40. The number of fused-ring (bicyclic) bond motifs is 1. The van der Waals surface area contributed by atoms with Gasteiger partial charge in [0.25, 0.3) is 5.69 Å². The van der Waals surface area contributed by atoms with Crippen LogP contribution in [0.5, 0.6) is 0 Å². The summed E-state index contributed by atoms with van der Waals surface area (Å²) in [4.78, 5) is 22.6. The summed E-state index contributed by atoms with van der Waals surface area (Å²) in [5.74, 6) is -0.191. The Bertz CT molecular complexity index is 979. The highest BCUT2D eigenvalue weighted by Crippen LogP contribution is 2.23. The smallest absolute Gasteiger partial charge is 0.270 e. The average Bonchev–Trinajstić information content (AvgIpc) is 2.60. The molecule has 0 atom stereocenters. The first-order valence-electron chi connectivity index (χ1n) is 7.20. The molecule has 0 saturated carbocycles. The van der Waals surface area contributed by atoms with Crippen LogP contribution in [0.15, 0.2) is 66.7 Å². The van der Waals surface area contributed by atoms with Crippen LogP contribution >= 0.6 is 11.6 Å². The molecule has 24 heavy (non-hydrogen) atoms. The van der Waals surface area contributed by atoms with E-state index in [-0.39, 0.29) is 11.5 Å². The van der Waals surface area contributed by atoms with Crippen LogP contribution in [-0.4, -0.2) is 10.7 Å². The fourth-order valence-electron chi connectivity index (χ4n) is 2.38. The molecule has 5 heteroatoms. The third kappa shape index (κ3) is 3.34. The Morgan fingerprint density at radius 1 is 1.00 bits per heavy atom. The molecule has 3 aromatic rings. The van der Waals surface area contributed by atoms with E-state index in [4.69, 9.17) is 11.6 Å². The van der Waals surface area contributed by atoms with Gasteiger partial charge < -0.3 is 0 Å². The molecule has 0 N–H and O–H groups in total. The zero-order chi connectivity index (χ0) is 17.1. The zero-order valence-corrected chi connectivity index (χ0v) is 13.2. The van der Waals surface area contributed by atoms with Crippen LogP contribution in [0.2, 0.25) is 5.02 Å². The number of hydrogen-bond donors (Lipinski definition) is 0. The highest BCUT2D eigenvalue weighted by atomic mass is 35.5. The van der Waals surface area contributed by atoms with Gasteiger partial charge in [-0.1, -0.05) is 48.0 Å². The van der Waals surface area contributed by atoms with Crippen molar-refractivity contribution < 1.29 is 9.72 Å². The van der Waals surface area contributed by atoms with Gasteiger partial charge in [-0.05, 0) is 40.6 Å². The molecule has 0 spiro atoms. The van der Waals surface area contributed by atoms with E-state index in [1.165, 1.54) is 30.4 Å². The SMILES string of the molecule is O=C(C=Cc1cc([N+](=O)[O-])ccc1Cl)c1ccc2ccccc2c1. The highest BCUT2D eigenvalue weighted by molar-refractivity contribution is 6.32. The van der Waals surface area contributed by atoms with E-state index in [1.807, 2.05) is 36.4 Å². The Hall–Kier alpha value is -2.98. The number of hydrogen-bond acceptors (Lipinski definition) is 3. The van der Waals surface area contributed by atoms with Gasteiger partial charge in [-0.25, -0.2) is 0 Å². The zero-order valence-electron chi connectivity index (χ0n) is 12.5. The molecule has 0 aliphatic heterocycles. The molecule has 3 aromatic carbocycles. The summed E-state index contributed by atoms with van der Waals surface area (Å²) in [7, 11) is 0. The van der Waals surface area contributed by atoms with Crippen LogP contribution in [0.25, 0.3) is 16.8 Å². The number of carbonyl (C=O) groups is 1.